The first-order valence-corrected chi connectivity index (χ1v) is 12.9. The zero-order valence-electron chi connectivity index (χ0n) is 20.5. The molecule has 1 atom stereocenters. The van der Waals surface area contributed by atoms with Crippen LogP contribution in [0.4, 0.5) is 4.39 Å². The lowest BCUT2D eigenvalue weighted by Gasteiger charge is -2.34. The van der Waals surface area contributed by atoms with E-state index >= 15 is 0 Å². The van der Waals surface area contributed by atoms with Gasteiger partial charge in [0.25, 0.3) is 0 Å². The summed E-state index contributed by atoms with van der Waals surface area (Å²) in [6.45, 7) is 6.10. The molecule has 6 heteroatoms. The van der Waals surface area contributed by atoms with Crippen LogP contribution in [0.15, 0.2) is 84.9 Å². The molecule has 0 spiro atoms. The summed E-state index contributed by atoms with van der Waals surface area (Å²) in [4.78, 5) is 28.7. The van der Waals surface area contributed by atoms with Crippen molar-refractivity contribution in [2.24, 2.45) is 0 Å². The molecule has 0 aromatic heterocycles. The fourth-order valence-corrected chi connectivity index (χ4v) is 4.63. The topological polar surface area (TPSA) is 49.4 Å². The Morgan fingerprint density at radius 2 is 1.46 bits per heavy atom. The van der Waals surface area contributed by atoms with Crippen molar-refractivity contribution in [2.75, 3.05) is 5.75 Å². The van der Waals surface area contributed by atoms with Gasteiger partial charge in [-0.25, -0.2) is 4.39 Å². The molecule has 1 N–H and O–H groups in total. The van der Waals surface area contributed by atoms with E-state index in [1.54, 1.807) is 23.1 Å². The Morgan fingerprint density at radius 1 is 0.886 bits per heavy atom. The zero-order chi connectivity index (χ0) is 25.3. The van der Waals surface area contributed by atoms with Crippen LogP contribution in [0.2, 0.25) is 0 Å². The quantitative estimate of drug-likeness (QED) is 0.400. The molecular formula is C29H33FN2O2S. The third-order valence-corrected chi connectivity index (χ3v) is 6.37. The number of nitrogens with one attached hydrogen (secondary N) is 1. The van der Waals surface area contributed by atoms with E-state index in [2.05, 4.69) is 5.32 Å². The molecule has 0 heterocycles. The highest BCUT2D eigenvalue weighted by atomic mass is 32.2. The molecule has 3 aromatic rings. The number of rotatable bonds is 10. The molecule has 0 saturated carbocycles. The van der Waals surface area contributed by atoms with Crippen LogP contribution in [0, 0.1) is 5.82 Å². The number of benzene rings is 3. The van der Waals surface area contributed by atoms with Crippen molar-refractivity contribution in [1.82, 2.24) is 10.2 Å². The highest BCUT2D eigenvalue weighted by molar-refractivity contribution is 7.99. The second kappa shape index (κ2) is 12.5. The van der Waals surface area contributed by atoms with Crippen molar-refractivity contribution in [3.05, 3.63) is 107 Å². The molecule has 3 rings (SSSR count). The van der Waals surface area contributed by atoms with Gasteiger partial charge in [-0.1, -0.05) is 78.9 Å². The smallest absolute Gasteiger partial charge is 0.243 e. The molecule has 4 nitrogen and oxygen atoms in total. The highest BCUT2D eigenvalue weighted by Gasteiger charge is 2.32. The highest BCUT2D eigenvalue weighted by Crippen LogP contribution is 2.20. The number of thioether (sulfide) groups is 1. The van der Waals surface area contributed by atoms with Crippen molar-refractivity contribution in [3.8, 4) is 0 Å². The fourth-order valence-electron chi connectivity index (χ4n) is 3.73. The maximum atomic E-state index is 14.0. The molecule has 0 radical (unpaired) electrons. The van der Waals surface area contributed by atoms with Crippen LogP contribution in [0.25, 0.3) is 0 Å². The first-order valence-electron chi connectivity index (χ1n) is 11.7. The van der Waals surface area contributed by atoms with Crippen molar-refractivity contribution in [2.45, 2.75) is 51.1 Å². The van der Waals surface area contributed by atoms with Crippen LogP contribution in [0.1, 0.15) is 37.5 Å². The van der Waals surface area contributed by atoms with Gasteiger partial charge in [-0.3, -0.25) is 9.59 Å². The summed E-state index contributed by atoms with van der Waals surface area (Å²) in [5.41, 5.74) is 2.05. The lowest BCUT2D eigenvalue weighted by molar-refractivity contribution is -0.140. The number of carbonyl (C=O) groups is 2. The van der Waals surface area contributed by atoms with Crippen LogP contribution in [0.3, 0.4) is 0 Å². The normalized spacial score (nSPS) is 12.1. The van der Waals surface area contributed by atoms with E-state index in [0.29, 0.717) is 24.3 Å². The standard InChI is InChI=1S/C29H33FN2O2S/c1-29(2,3)31-28(34)26(18-22-12-6-4-7-13-22)32(19-23-14-8-5-9-15-23)27(33)21-35-20-24-16-10-11-17-25(24)30/h4-17,26H,18-21H2,1-3H3,(H,31,34)/t26-/m0/s1. The van der Waals surface area contributed by atoms with Gasteiger partial charge in [0.15, 0.2) is 0 Å². The Kier molecular flexibility index (Phi) is 9.49. The molecule has 0 unspecified atom stereocenters. The van der Waals surface area contributed by atoms with Gasteiger partial charge in [-0.15, -0.1) is 11.8 Å². The van der Waals surface area contributed by atoms with Gasteiger partial charge in [0, 0.05) is 24.3 Å². The molecule has 2 amide bonds. The number of hydrogen-bond donors (Lipinski definition) is 1. The van der Waals surface area contributed by atoms with Gasteiger partial charge in [0.2, 0.25) is 11.8 Å². The maximum absolute atomic E-state index is 14.0. The summed E-state index contributed by atoms with van der Waals surface area (Å²) in [6, 6.07) is 25.3. The minimum absolute atomic E-state index is 0.148. The number of amides is 2. The Labute approximate surface area is 211 Å². The van der Waals surface area contributed by atoms with Crippen LogP contribution in [0.5, 0.6) is 0 Å². The van der Waals surface area contributed by atoms with E-state index < -0.39 is 11.6 Å². The fraction of sp³-hybridized carbons (Fsp3) is 0.310. The number of halogens is 1. The van der Waals surface area contributed by atoms with E-state index in [9.17, 15) is 14.0 Å². The van der Waals surface area contributed by atoms with E-state index in [1.807, 2.05) is 81.4 Å². The number of nitrogens with zero attached hydrogens (tertiary/aromatic N) is 1. The Hall–Kier alpha value is -3.12. The van der Waals surface area contributed by atoms with E-state index in [-0.39, 0.29) is 23.4 Å². The summed E-state index contributed by atoms with van der Waals surface area (Å²) in [6.07, 6.45) is 0.402. The molecule has 0 aliphatic rings. The lowest BCUT2D eigenvalue weighted by atomic mass is 10.0. The monoisotopic (exact) mass is 492 g/mol. The van der Waals surface area contributed by atoms with Crippen LogP contribution >= 0.6 is 11.8 Å². The Bertz CT molecular complexity index is 1100. The summed E-state index contributed by atoms with van der Waals surface area (Å²) < 4.78 is 14.0. The molecule has 184 valence electrons. The lowest BCUT2D eigenvalue weighted by Crippen LogP contribution is -2.54. The summed E-state index contributed by atoms with van der Waals surface area (Å²) in [5.74, 6) is -0.0882. The minimum Gasteiger partial charge on any atom is -0.350 e. The van der Waals surface area contributed by atoms with E-state index in [1.165, 1.54) is 17.8 Å². The third-order valence-electron chi connectivity index (χ3n) is 5.41. The number of hydrogen-bond acceptors (Lipinski definition) is 3. The summed E-state index contributed by atoms with van der Waals surface area (Å²) in [7, 11) is 0. The number of carbonyl (C=O) groups excluding carboxylic acids is 2. The predicted octanol–water partition coefficient (Wildman–Crippen LogP) is 5.61. The molecule has 0 aliphatic heterocycles. The minimum atomic E-state index is -0.682. The van der Waals surface area contributed by atoms with Crippen molar-refractivity contribution in [3.63, 3.8) is 0 Å². The second-order valence-electron chi connectivity index (χ2n) is 9.54. The molecular weight excluding hydrogens is 459 g/mol. The molecule has 0 saturated heterocycles. The average molecular weight is 493 g/mol. The molecule has 0 fully saturated rings. The predicted molar refractivity (Wildman–Crippen MR) is 141 cm³/mol. The SMILES string of the molecule is CC(C)(C)NC(=O)[C@H](Cc1ccccc1)N(Cc1ccccc1)C(=O)CSCc1ccccc1F. The molecule has 3 aromatic carbocycles. The first kappa shape index (κ1) is 26.5. The molecule has 35 heavy (non-hydrogen) atoms. The zero-order valence-corrected chi connectivity index (χ0v) is 21.4. The largest absolute Gasteiger partial charge is 0.350 e. The summed E-state index contributed by atoms with van der Waals surface area (Å²) >= 11 is 1.35. The van der Waals surface area contributed by atoms with Gasteiger partial charge in [0.05, 0.1) is 5.75 Å². The van der Waals surface area contributed by atoms with Gasteiger partial charge >= 0.3 is 0 Å². The van der Waals surface area contributed by atoms with Crippen molar-refractivity contribution in [1.29, 1.82) is 0 Å². The molecule has 0 aliphatic carbocycles. The maximum Gasteiger partial charge on any atom is 0.243 e. The van der Waals surface area contributed by atoms with E-state index in [4.69, 9.17) is 0 Å². The average Bonchev–Trinajstić information content (AvgIpc) is 2.82. The van der Waals surface area contributed by atoms with Crippen LogP contribution < -0.4 is 5.32 Å². The summed E-state index contributed by atoms with van der Waals surface area (Å²) in [5, 5.41) is 3.06. The molecule has 0 bridgehead atoms. The van der Waals surface area contributed by atoms with Crippen LogP contribution in [-0.4, -0.2) is 34.0 Å². The van der Waals surface area contributed by atoms with Crippen molar-refractivity contribution < 1.29 is 14.0 Å². The first-order chi connectivity index (χ1) is 16.7. The van der Waals surface area contributed by atoms with Gasteiger partial charge in [-0.05, 0) is 43.5 Å². The Balaban J connectivity index is 1.85. The van der Waals surface area contributed by atoms with Crippen LogP contribution in [-0.2, 0) is 28.3 Å². The van der Waals surface area contributed by atoms with E-state index in [0.717, 1.165) is 11.1 Å². The van der Waals surface area contributed by atoms with Gasteiger partial charge in [0.1, 0.15) is 11.9 Å². The Morgan fingerprint density at radius 3 is 2.06 bits per heavy atom. The third kappa shape index (κ3) is 8.55. The van der Waals surface area contributed by atoms with Gasteiger partial charge in [-0.2, -0.15) is 0 Å². The second-order valence-corrected chi connectivity index (χ2v) is 10.5. The van der Waals surface area contributed by atoms with Gasteiger partial charge < -0.3 is 10.2 Å². The van der Waals surface area contributed by atoms with Crippen molar-refractivity contribution >= 4 is 23.6 Å².